The van der Waals surface area contributed by atoms with Crippen LogP contribution < -0.4 is 15.4 Å². The fourth-order valence-electron chi connectivity index (χ4n) is 3.17. The summed E-state index contributed by atoms with van der Waals surface area (Å²) in [6.07, 6.45) is 0.150. The third kappa shape index (κ3) is 4.06. The topological polar surface area (TPSA) is 68.0 Å². The number of anilines is 1. The maximum atomic E-state index is 14.6. The quantitative estimate of drug-likeness (QED) is 0.742. The van der Waals surface area contributed by atoms with Gasteiger partial charge in [0.05, 0.1) is 10.2 Å². The van der Waals surface area contributed by atoms with E-state index in [1.54, 1.807) is 4.90 Å². The number of piperazine rings is 1. The molecule has 2 heterocycles. The fourth-order valence-corrected chi connectivity index (χ4v) is 3.89. The van der Waals surface area contributed by atoms with E-state index in [-0.39, 0.29) is 18.0 Å². The number of halogens is 2. The van der Waals surface area contributed by atoms with Crippen LogP contribution >= 0.6 is 15.9 Å². The Morgan fingerprint density at radius 1 is 1.35 bits per heavy atom. The van der Waals surface area contributed by atoms with Crippen molar-refractivity contribution >= 4 is 27.7 Å². The summed E-state index contributed by atoms with van der Waals surface area (Å²) in [5.41, 5.74) is 6.61. The lowest BCUT2D eigenvalue weighted by Gasteiger charge is -2.37. The average Bonchev–Trinajstić information content (AvgIpc) is 2.56. The van der Waals surface area contributed by atoms with Gasteiger partial charge >= 0.3 is 6.09 Å². The van der Waals surface area contributed by atoms with E-state index in [1.807, 2.05) is 25.7 Å². The molecular formula is C18H25BrFN3O3. The molecule has 144 valence electrons. The summed E-state index contributed by atoms with van der Waals surface area (Å²) in [7, 11) is 0. The Bertz CT molecular complexity index is 700. The van der Waals surface area contributed by atoms with E-state index in [9.17, 15) is 9.18 Å². The number of hydrogen-bond acceptors (Lipinski definition) is 5. The highest BCUT2D eigenvalue weighted by Gasteiger charge is 2.30. The zero-order valence-electron chi connectivity index (χ0n) is 15.3. The normalized spacial score (nSPS) is 20.5. The molecule has 1 amide bonds. The largest absolute Gasteiger partial charge is 0.490 e. The van der Waals surface area contributed by atoms with E-state index < -0.39 is 5.60 Å². The van der Waals surface area contributed by atoms with Crippen molar-refractivity contribution in [3.63, 3.8) is 0 Å². The van der Waals surface area contributed by atoms with Crippen molar-refractivity contribution < 1.29 is 18.7 Å². The number of ether oxygens (including phenoxy) is 2. The number of fused-ring (bicyclic) bond motifs is 1. The summed E-state index contributed by atoms with van der Waals surface area (Å²) in [4.78, 5) is 15.9. The molecule has 1 atom stereocenters. The monoisotopic (exact) mass is 429 g/mol. The van der Waals surface area contributed by atoms with Crippen molar-refractivity contribution in [1.29, 1.82) is 0 Å². The third-order valence-electron chi connectivity index (χ3n) is 4.43. The summed E-state index contributed by atoms with van der Waals surface area (Å²) in [5.74, 6) is 0.235. The van der Waals surface area contributed by atoms with Gasteiger partial charge in [-0.05, 0) is 49.2 Å². The fraction of sp³-hybridized carbons (Fsp3) is 0.611. The van der Waals surface area contributed by atoms with Gasteiger partial charge in [-0.2, -0.15) is 0 Å². The molecule has 2 aliphatic heterocycles. The van der Waals surface area contributed by atoms with Crippen LogP contribution in [0.2, 0.25) is 0 Å². The number of amides is 1. The number of carbonyl (C=O) groups excluding carboxylic acids is 1. The molecule has 1 saturated heterocycles. The van der Waals surface area contributed by atoms with Crippen LogP contribution in [-0.4, -0.2) is 55.4 Å². The Morgan fingerprint density at radius 3 is 2.62 bits per heavy atom. The molecular weight excluding hydrogens is 405 g/mol. The van der Waals surface area contributed by atoms with Gasteiger partial charge in [0.15, 0.2) is 0 Å². The lowest BCUT2D eigenvalue weighted by atomic mass is 10.0. The maximum Gasteiger partial charge on any atom is 0.410 e. The second-order valence-corrected chi connectivity index (χ2v) is 8.52. The highest BCUT2D eigenvalue weighted by Crippen LogP contribution is 2.42. The van der Waals surface area contributed by atoms with Crippen LogP contribution in [0.15, 0.2) is 10.5 Å². The Labute approximate surface area is 161 Å². The Kier molecular flexibility index (Phi) is 5.35. The maximum absolute atomic E-state index is 14.6. The van der Waals surface area contributed by atoms with Crippen molar-refractivity contribution in [3.05, 3.63) is 21.9 Å². The molecule has 1 fully saturated rings. The van der Waals surface area contributed by atoms with Crippen molar-refractivity contribution in [2.75, 3.05) is 37.7 Å². The van der Waals surface area contributed by atoms with Gasteiger partial charge in [-0.15, -0.1) is 0 Å². The van der Waals surface area contributed by atoms with Gasteiger partial charge in [0.25, 0.3) is 0 Å². The summed E-state index contributed by atoms with van der Waals surface area (Å²) >= 11 is 3.56. The van der Waals surface area contributed by atoms with Gasteiger partial charge in [-0.1, -0.05) is 0 Å². The van der Waals surface area contributed by atoms with Crippen molar-refractivity contribution in [2.45, 2.75) is 38.8 Å². The molecule has 1 aromatic carbocycles. The van der Waals surface area contributed by atoms with Crippen LogP contribution in [0.25, 0.3) is 0 Å². The van der Waals surface area contributed by atoms with Crippen molar-refractivity contribution in [1.82, 2.24) is 4.90 Å². The molecule has 8 heteroatoms. The molecule has 1 aromatic rings. The number of nitrogens with zero attached hydrogens (tertiary/aromatic N) is 2. The molecule has 3 rings (SSSR count). The molecule has 6 nitrogen and oxygen atoms in total. The second-order valence-electron chi connectivity index (χ2n) is 7.73. The molecule has 2 N–H and O–H groups in total. The summed E-state index contributed by atoms with van der Waals surface area (Å²) in [5, 5.41) is 0. The molecule has 26 heavy (non-hydrogen) atoms. The number of rotatable bonds is 1. The molecule has 0 saturated carbocycles. The summed E-state index contributed by atoms with van der Waals surface area (Å²) in [6.45, 7) is 8.14. The van der Waals surface area contributed by atoms with Crippen LogP contribution in [0.1, 0.15) is 26.3 Å². The van der Waals surface area contributed by atoms with Crippen molar-refractivity contribution in [2.24, 2.45) is 5.73 Å². The van der Waals surface area contributed by atoms with Gasteiger partial charge in [0.1, 0.15) is 23.8 Å². The number of nitrogens with two attached hydrogens (primary N) is 1. The van der Waals surface area contributed by atoms with E-state index in [0.29, 0.717) is 50.5 Å². The van der Waals surface area contributed by atoms with Gasteiger partial charge in [-0.3, -0.25) is 0 Å². The second kappa shape index (κ2) is 7.23. The first kappa shape index (κ1) is 19.2. The molecule has 0 bridgehead atoms. The molecule has 2 aliphatic rings. The first-order valence-electron chi connectivity index (χ1n) is 8.78. The zero-order valence-corrected chi connectivity index (χ0v) is 16.9. The predicted molar refractivity (Wildman–Crippen MR) is 101 cm³/mol. The lowest BCUT2D eigenvalue weighted by molar-refractivity contribution is 0.0240. The van der Waals surface area contributed by atoms with Crippen LogP contribution in [0.5, 0.6) is 5.75 Å². The minimum absolute atomic E-state index is 0.188. The summed E-state index contributed by atoms with van der Waals surface area (Å²) in [6, 6.07) is 1.33. The van der Waals surface area contributed by atoms with Gasteiger partial charge in [0, 0.05) is 37.8 Å². The minimum atomic E-state index is -0.517. The standard InChI is InChI=1S/C18H25BrFN3O3/c1-18(2,3)26-17(24)23-6-4-22(5-7-23)14-9-13(20)12-8-11(21)10-25-16(12)15(14)19/h9,11H,4-8,10,21H2,1-3H3. The molecule has 1 unspecified atom stereocenters. The van der Waals surface area contributed by atoms with Gasteiger partial charge in [0.2, 0.25) is 0 Å². The molecule has 0 radical (unpaired) electrons. The van der Waals surface area contributed by atoms with Crippen LogP contribution in [0.3, 0.4) is 0 Å². The summed E-state index contributed by atoms with van der Waals surface area (Å²) < 4.78 is 26.4. The lowest BCUT2D eigenvalue weighted by Crippen LogP contribution is -2.50. The van der Waals surface area contributed by atoms with Crippen LogP contribution in [0, 0.1) is 5.82 Å². The minimum Gasteiger partial charge on any atom is -0.490 e. The first-order chi connectivity index (χ1) is 12.2. The first-order valence-corrected chi connectivity index (χ1v) is 9.57. The van der Waals surface area contributed by atoms with Crippen LogP contribution in [0.4, 0.5) is 14.9 Å². The molecule has 0 aliphatic carbocycles. The average molecular weight is 430 g/mol. The van der Waals surface area contributed by atoms with E-state index in [4.69, 9.17) is 15.2 Å². The predicted octanol–water partition coefficient (Wildman–Crippen LogP) is 2.91. The Hall–Kier alpha value is -1.54. The van der Waals surface area contributed by atoms with Crippen molar-refractivity contribution in [3.8, 4) is 5.75 Å². The van der Waals surface area contributed by atoms with E-state index in [0.717, 1.165) is 10.2 Å². The van der Waals surface area contributed by atoms with Gasteiger partial charge < -0.3 is 25.0 Å². The zero-order chi connectivity index (χ0) is 19.1. The number of benzene rings is 1. The highest BCUT2D eigenvalue weighted by molar-refractivity contribution is 9.10. The number of carbonyl (C=O) groups is 1. The van der Waals surface area contributed by atoms with Gasteiger partial charge in [-0.25, -0.2) is 9.18 Å². The van der Waals surface area contributed by atoms with E-state index >= 15 is 0 Å². The number of hydrogen-bond donors (Lipinski definition) is 1. The van der Waals surface area contributed by atoms with Crippen LogP contribution in [-0.2, 0) is 11.2 Å². The Morgan fingerprint density at radius 2 is 2.00 bits per heavy atom. The molecule has 0 spiro atoms. The molecule has 0 aromatic heterocycles. The Balaban J connectivity index is 1.72. The smallest absolute Gasteiger partial charge is 0.410 e. The highest BCUT2D eigenvalue weighted by atomic mass is 79.9. The van der Waals surface area contributed by atoms with E-state index in [2.05, 4.69) is 15.9 Å². The third-order valence-corrected chi connectivity index (χ3v) is 5.20. The van der Waals surface area contributed by atoms with E-state index in [1.165, 1.54) is 6.07 Å². The SMILES string of the molecule is CC(C)(C)OC(=O)N1CCN(c2cc(F)c3c(c2Br)OCC(N)C3)CC1.